The number of carbonyl (C=O) groups is 2. The molecule has 1 aliphatic carbocycles. The zero-order valence-corrected chi connectivity index (χ0v) is 12.5. The third-order valence-electron chi connectivity index (χ3n) is 4.97. The Morgan fingerprint density at radius 3 is 2.40 bits per heavy atom. The fraction of sp³-hybridized carbons (Fsp3) is 0.867. The summed E-state index contributed by atoms with van der Waals surface area (Å²) in [5.74, 6) is -1.69. The Labute approximate surface area is 120 Å². The van der Waals surface area contributed by atoms with Gasteiger partial charge in [0.1, 0.15) is 0 Å². The van der Waals surface area contributed by atoms with Gasteiger partial charge in [-0.25, -0.2) is 0 Å². The van der Waals surface area contributed by atoms with Gasteiger partial charge in [0.25, 0.3) is 0 Å². The molecule has 1 saturated heterocycles. The normalized spacial score (nSPS) is 35.5. The van der Waals surface area contributed by atoms with Crippen molar-refractivity contribution in [3.63, 3.8) is 0 Å². The summed E-state index contributed by atoms with van der Waals surface area (Å²) in [5, 5.41) is 12.3. The molecule has 0 aromatic heterocycles. The first-order valence-electron chi connectivity index (χ1n) is 7.72. The number of piperidine rings is 1. The molecule has 4 atom stereocenters. The van der Waals surface area contributed by atoms with E-state index >= 15 is 0 Å². The van der Waals surface area contributed by atoms with E-state index in [1.165, 1.54) is 0 Å². The second-order valence-corrected chi connectivity index (χ2v) is 6.40. The highest BCUT2D eigenvalue weighted by molar-refractivity contribution is 5.85. The van der Waals surface area contributed by atoms with E-state index < -0.39 is 11.9 Å². The lowest BCUT2D eigenvalue weighted by Gasteiger charge is -2.36. The fourth-order valence-corrected chi connectivity index (χ4v) is 3.47. The maximum Gasteiger partial charge on any atom is 0.307 e. The Morgan fingerprint density at radius 2 is 1.80 bits per heavy atom. The van der Waals surface area contributed by atoms with Crippen molar-refractivity contribution in [3.8, 4) is 0 Å². The monoisotopic (exact) mass is 282 g/mol. The van der Waals surface area contributed by atoms with Gasteiger partial charge < -0.3 is 15.3 Å². The van der Waals surface area contributed by atoms with E-state index in [4.69, 9.17) is 0 Å². The third-order valence-corrected chi connectivity index (χ3v) is 4.97. The first-order valence-corrected chi connectivity index (χ1v) is 7.72. The van der Waals surface area contributed by atoms with Crippen LogP contribution >= 0.6 is 0 Å². The van der Waals surface area contributed by atoms with Crippen LogP contribution in [0.15, 0.2) is 0 Å². The standard InChI is InChI=1S/C15H26N2O3/c1-10-9-11(7-8-17(10)2)16-14(18)12-5-3-4-6-13(12)15(19)20/h10-13H,3-9H2,1-2H3,(H,16,18)(H,19,20). The molecule has 5 nitrogen and oxygen atoms in total. The van der Waals surface area contributed by atoms with Crippen LogP contribution < -0.4 is 5.32 Å². The average molecular weight is 282 g/mol. The Bertz CT molecular complexity index is 372. The maximum absolute atomic E-state index is 12.4. The molecule has 4 unspecified atom stereocenters. The summed E-state index contributed by atoms with van der Waals surface area (Å²) in [7, 11) is 2.10. The Hall–Kier alpha value is -1.10. The van der Waals surface area contributed by atoms with Crippen LogP contribution in [0.2, 0.25) is 0 Å². The van der Waals surface area contributed by atoms with Gasteiger partial charge in [-0.3, -0.25) is 9.59 Å². The highest BCUT2D eigenvalue weighted by atomic mass is 16.4. The zero-order valence-electron chi connectivity index (χ0n) is 12.5. The van der Waals surface area contributed by atoms with Gasteiger partial charge in [0, 0.05) is 18.6 Å². The minimum absolute atomic E-state index is 0.0427. The van der Waals surface area contributed by atoms with Gasteiger partial charge in [-0.2, -0.15) is 0 Å². The number of carboxylic acids is 1. The van der Waals surface area contributed by atoms with Crippen LogP contribution in [0.4, 0.5) is 0 Å². The molecule has 0 radical (unpaired) electrons. The van der Waals surface area contributed by atoms with E-state index in [2.05, 4.69) is 24.2 Å². The number of aliphatic carboxylic acids is 1. The number of carboxylic acid groups (broad SMARTS) is 1. The molecule has 0 aromatic carbocycles. The van der Waals surface area contributed by atoms with E-state index in [9.17, 15) is 14.7 Å². The Morgan fingerprint density at radius 1 is 1.15 bits per heavy atom. The van der Waals surface area contributed by atoms with Crippen LogP contribution in [0.25, 0.3) is 0 Å². The topological polar surface area (TPSA) is 69.6 Å². The number of nitrogens with one attached hydrogen (secondary N) is 1. The predicted molar refractivity (Wildman–Crippen MR) is 76.3 cm³/mol. The Kier molecular flexibility index (Phi) is 5.02. The molecule has 1 saturated carbocycles. The van der Waals surface area contributed by atoms with Crippen LogP contribution in [0.3, 0.4) is 0 Å². The molecule has 114 valence electrons. The third kappa shape index (κ3) is 3.51. The minimum atomic E-state index is -0.818. The van der Waals surface area contributed by atoms with Gasteiger partial charge in [-0.05, 0) is 39.7 Å². The summed E-state index contributed by atoms with van der Waals surface area (Å²) < 4.78 is 0. The molecule has 1 heterocycles. The van der Waals surface area contributed by atoms with Gasteiger partial charge in [-0.1, -0.05) is 12.8 Å². The van der Waals surface area contributed by atoms with Crippen molar-refractivity contribution in [2.45, 2.75) is 57.5 Å². The largest absolute Gasteiger partial charge is 0.481 e. The maximum atomic E-state index is 12.4. The lowest BCUT2D eigenvalue weighted by molar-refractivity contribution is -0.149. The van der Waals surface area contributed by atoms with Crippen molar-refractivity contribution in [3.05, 3.63) is 0 Å². The van der Waals surface area contributed by atoms with E-state index in [0.29, 0.717) is 18.9 Å². The van der Waals surface area contributed by atoms with E-state index in [1.54, 1.807) is 0 Å². The number of likely N-dealkylation sites (tertiary alicyclic amines) is 1. The Balaban J connectivity index is 1.91. The van der Waals surface area contributed by atoms with E-state index in [-0.39, 0.29) is 17.9 Å². The molecule has 20 heavy (non-hydrogen) atoms. The first-order chi connectivity index (χ1) is 9.49. The van der Waals surface area contributed by atoms with Crippen LogP contribution in [0.5, 0.6) is 0 Å². The number of amides is 1. The second-order valence-electron chi connectivity index (χ2n) is 6.40. The van der Waals surface area contributed by atoms with Gasteiger partial charge >= 0.3 is 5.97 Å². The van der Waals surface area contributed by atoms with Gasteiger partial charge in [-0.15, -0.1) is 0 Å². The number of nitrogens with zero attached hydrogens (tertiary/aromatic N) is 1. The summed E-state index contributed by atoms with van der Waals surface area (Å²) in [6.45, 7) is 3.15. The molecule has 0 spiro atoms. The molecular weight excluding hydrogens is 256 g/mol. The fourth-order valence-electron chi connectivity index (χ4n) is 3.47. The average Bonchev–Trinajstić information content (AvgIpc) is 2.43. The van der Waals surface area contributed by atoms with E-state index in [1.807, 2.05) is 0 Å². The summed E-state index contributed by atoms with van der Waals surface area (Å²) in [4.78, 5) is 25.9. The summed E-state index contributed by atoms with van der Waals surface area (Å²) in [5.41, 5.74) is 0. The van der Waals surface area contributed by atoms with Crippen LogP contribution in [0.1, 0.15) is 45.4 Å². The molecule has 1 aliphatic heterocycles. The molecule has 2 aliphatic rings. The highest BCUT2D eigenvalue weighted by Gasteiger charge is 2.36. The predicted octanol–water partition coefficient (Wildman–Crippen LogP) is 1.48. The van der Waals surface area contributed by atoms with Crippen LogP contribution in [0, 0.1) is 11.8 Å². The quantitative estimate of drug-likeness (QED) is 0.822. The summed E-state index contributed by atoms with van der Waals surface area (Å²) >= 11 is 0. The molecule has 2 N–H and O–H groups in total. The van der Waals surface area contributed by atoms with Crippen molar-refractivity contribution in [1.29, 1.82) is 0 Å². The van der Waals surface area contributed by atoms with Gasteiger partial charge in [0.2, 0.25) is 5.91 Å². The summed E-state index contributed by atoms with van der Waals surface area (Å²) in [6, 6.07) is 0.667. The SMILES string of the molecule is CC1CC(NC(=O)C2CCCCC2C(=O)O)CCN1C. The van der Waals surface area contributed by atoms with Crippen molar-refractivity contribution < 1.29 is 14.7 Å². The summed E-state index contributed by atoms with van der Waals surface area (Å²) in [6.07, 6.45) is 5.14. The van der Waals surface area contributed by atoms with Gasteiger partial charge in [0.05, 0.1) is 11.8 Å². The molecule has 2 rings (SSSR count). The zero-order chi connectivity index (χ0) is 14.7. The number of carbonyl (C=O) groups excluding carboxylic acids is 1. The molecule has 2 fully saturated rings. The van der Waals surface area contributed by atoms with Crippen LogP contribution in [-0.2, 0) is 9.59 Å². The smallest absolute Gasteiger partial charge is 0.307 e. The minimum Gasteiger partial charge on any atom is -0.481 e. The van der Waals surface area contributed by atoms with Crippen LogP contribution in [-0.4, -0.2) is 47.6 Å². The number of hydrogen-bond donors (Lipinski definition) is 2. The van der Waals surface area contributed by atoms with Crippen molar-refractivity contribution in [2.24, 2.45) is 11.8 Å². The van der Waals surface area contributed by atoms with E-state index in [0.717, 1.165) is 32.2 Å². The molecule has 0 bridgehead atoms. The number of hydrogen-bond acceptors (Lipinski definition) is 3. The number of rotatable bonds is 3. The second kappa shape index (κ2) is 6.57. The highest BCUT2D eigenvalue weighted by Crippen LogP contribution is 2.31. The van der Waals surface area contributed by atoms with Crippen molar-refractivity contribution in [2.75, 3.05) is 13.6 Å². The lowest BCUT2D eigenvalue weighted by Crippen LogP contribution is -2.50. The van der Waals surface area contributed by atoms with Crippen molar-refractivity contribution >= 4 is 11.9 Å². The molecule has 0 aromatic rings. The van der Waals surface area contributed by atoms with Crippen molar-refractivity contribution in [1.82, 2.24) is 10.2 Å². The van der Waals surface area contributed by atoms with Gasteiger partial charge in [0.15, 0.2) is 0 Å². The molecule has 5 heteroatoms. The molecular formula is C15H26N2O3. The molecule has 1 amide bonds. The lowest BCUT2D eigenvalue weighted by atomic mass is 9.78. The first kappa shape index (κ1) is 15.3.